The molecule has 45 nitrogen and oxygen atoms in total. The van der Waals surface area contributed by atoms with Crippen LogP contribution in [0.1, 0.15) is 63.1 Å². The van der Waals surface area contributed by atoms with Crippen molar-refractivity contribution in [2.75, 3.05) is 138 Å². The van der Waals surface area contributed by atoms with E-state index in [0.717, 1.165) is 0 Å². The van der Waals surface area contributed by atoms with Crippen LogP contribution < -0.4 is 63.1 Å². The van der Waals surface area contributed by atoms with Crippen molar-refractivity contribution in [3.8, 4) is 29.1 Å². The first-order valence-corrected chi connectivity index (χ1v) is 37.5. The number of amides is 6. The predicted molar refractivity (Wildman–Crippen MR) is 391 cm³/mol. The molecule has 0 radical (unpaired) electrons. The van der Waals surface area contributed by atoms with Crippen LogP contribution in [0, 0.1) is 11.8 Å². The quantitative estimate of drug-likeness (QED) is 0.00757. The molecule has 0 bridgehead atoms. The number of carbonyl (C=O) groups excluding carboxylic acids is 6. The SMILES string of the molecule is CC(=O)NCCNC(=O)c1cccc(OCC(N=[N+]=[N-])OCCOCC(=O)NCC#Cc2cn([C@H]3CC(OCN=[N+]=[N-])[C@@H](CPPP=O)O3)c(=O)[nH]c2=O)c1.CC(=O)NCCNC(=O)c1cccc(OCC(N=[N+]=[N-])OCCOCC(=O)O)c1.[N-]=[N+]=NC(COc1cccc(C(=O)NCCN)c1)OCCOCC(=O)O. The van der Waals surface area contributed by atoms with Gasteiger partial charge in [-0.1, -0.05) is 58.8 Å². The lowest BCUT2D eigenvalue weighted by Crippen LogP contribution is -2.33. The molecule has 0 saturated carbocycles. The third-order valence-electron chi connectivity index (χ3n) is 13.2. The minimum atomic E-state index is -1.10. The molecule has 110 heavy (non-hydrogen) atoms. The second-order valence-corrected chi connectivity index (χ2v) is 26.8. The maximum absolute atomic E-state index is 12.6. The number of carbonyl (C=O) groups is 8. The number of azide groups is 4. The molecule has 2 heterocycles. The van der Waals surface area contributed by atoms with E-state index < -0.39 is 79.4 Å². The highest BCUT2D eigenvalue weighted by Crippen LogP contribution is 2.48. The molecule has 1 aliphatic heterocycles. The first-order valence-electron chi connectivity index (χ1n) is 32.7. The lowest BCUT2D eigenvalue weighted by Gasteiger charge is -2.17. The van der Waals surface area contributed by atoms with Gasteiger partial charge in [-0.3, -0.25) is 47.7 Å². The predicted octanol–water partition coefficient (Wildman–Crippen LogP) is 3.23. The maximum Gasteiger partial charge on any atom is 0.330 e. The summed E-state index contributed by atoms with van der Waals surface area (Å²) in [5, 5.41) is 46.3. The van der Waals surface area contributed by atoms with Crippen LogP contribution in [0.25, 0.3) is 41.8 Å². The topological polar surface area (TPSA) is 644 Å². The summed E-state index contributed by atoms with van der Waals surface area (Å²) < 4.78 is 71.2. The van der Waals surface area contributed by atoms with Gasteiger partial charge in [0.25, 0.3) is 23.3 Å². The summed E-state index contributed by atoms with van der Waals surface area (Å²) in [7, 11) is 0.546. The number of hydrogen-bond donors (Lipinski definition) is 10. The van der Waals surface area contributed by atoms with E-state index in [0.29, 0.717) is 68.0 Å². The zero-order valence-electron chi connectivity index (χ0n) is 59.2. The second kappa shape index (κ2) is 57.1. The highest BCUT2D eigenvalue weighted by Gasteiger charge is 2.37. The van der Waals surface area contributed by atoms with Crippen molar-refractivity contribution >= 4 is 71.8 Å². The van der Waals surface area contributed by atoms with E-state index in [2.05, 4.69) is 88.8 Å². The molecule has 4 aromatic rings. The molecular weight excluding hydrogens is 1520 g/mol. The Morgan fingerprint density at radius 3 is 1.51 bits per heavy atom. The highest BCUT2D eigenvalue weighted by molar-refractivity contribution is 8.40. The van der Waals surface area contributed by atoms with Gasteiger partial charge in [-0.25, -0.2) is 14.4 Å². The minimum Gasteiger partial charge on any atom is -0.491 e. The lowest BCUT2D eigenvalue weighted by atomic mass is 10.2. The van der Waals surface area contributed by atoms with Gasteiger partial charge in [0.15, 0.2) is 26.8 Å². The molecule has 5 rings (SSSR count). The summed E-state index contributed by atoms with van der Waals surface area (Å²) in [6.45, 7) is 2.56. The first-order chi connectivity index (χ1) is 53.1. The number of H-pyrrole nitrogens is 1. The number of carboxylic acids is 2. The Kier molecular flexibility index (Phi) is 48.3. The van der Waals surface area contributed by atoms with Crippen LogP contribution in [0.5, 0.6) is 17.2 Å². The fourth-order valence-corrected chi connectivity index (χ4v) is 11.6. The first kappa shape index (κ1) is 93.1. The molecule has 11 N–H and O–H groups in total. The highest BCUT2D eigenvalue weighted by atomic mass is 32.4. The van der Waals surface area contributed by atoms with Gasteiger partial charge in [-0.15, -0.1) is 0 Å². The van der Waals surface area contributed by atoms with E-state index in [1.165, 1.54) is 42.8 Å². The molecule has 0 spiro atoms. The Bertz CT molecular complexity index is 4020. The molecule has 1 fully saturated rings. The monoisotopic (exact) mass is 1600 g/mol. The Morgan fingerprint density at radius 2 is 1.09 bits per heavy atom. The third kappa shape index (κ3) is 41.9. The molecule has 1 aliphatic rings. The summed E-state index contributed by atoms with van der Waals surface area (Å²) in [4.78, 5) is 129. The zero-order chi connectivity index (χ0) is 80.5. The number of ether oxygens (including phenoxy) is 11. The normalized spacial score (nSPS) is 14.0. The number of benzene rings is 3. The van der Waals surface area contributed by atoms with E-state index in [4.69, 9.17) is 90.2 Å². The van der Waals surface area contributed by atoms with Crippen LogP contribution in [0.4, 0.5) is 0 Å². The average molecular weight is 1600 g/mol. The van der Waals surface area contributed by atoms with Crippen molar-refractivity contribution in [3.05, 3.63) is 164 Å². The molecule has 594 valence electrons. The molecule has 6 unspecified atom stereocenters. The second-order valence-electron chi connectivity index (χ2n) is 21.4. The Labute approximate surface area is 630 Å². The van der Waals surface area contributed by atoms with E-state index >= 15 is 0 Å². The maximum atomic E-state index is 12.6. The number of aromatic nitrogens is 2. The molecule has 0 aliphatic carbocycles. The van der Waals surface area contributed by atoms with E-state index in [1.54, 1.807) is 54.6 Å². The summed E-state index contributed by atoms with van der Waals surface area (Å²) in [6, 6.07) is 19.1. The smallest absolute Gasteiger partial charge is 0.330 e. The lowest BCUT2D eigenvalue weighted by molar-refractivity contribution is -0.143. The average Bonchev–Trinajstić information content (AvgIpc) is 1.63. The van der Waals surface area contributed by atoms with Gasteiger partial charge in [0, 0.05) is 102 Å². The van der Waals surface area contributed by atoms with Crippen molar-refractivity contribution in [1.29, 1.82) is 0 Å². The zero-order valence-corrected chi connectivity index (χ0v) is 62.1. The standard InChI is InChI=1S/C30H38N11O11P3.C17H23N5O7.C15H21N5O6/c1-19(42)33-8-9-35-28(44)20-4-2-6-22(12-20)50-16-26(38-40-32)49-11-10-48-15-25(43)34-7-3-5-21-14-41(30(46)37-29(21)45)27-13-23(51-18-36-39-31)24(52-27)17-53-55-54-47;1-12(23)19-5-6-20-17(26)13-3-2-4-14(9-13)29-10-15(21-22-18)28-8-7-27-11-16(24)25;16-4-5-18-15(23)11-2-1-3-12(8-11)26-9-13(19-20-17)25-7-6-24-10-14(21)22/h2,4,6,12,14,23-24,26-27,53,55H,7-11,13,15-18H2,1H3,(H,33,42)(H,34,43)(H,35,44)(H,37,45,46);2-4,9,15H,5-8,10-11H2,1H3,(H,19,23)(H,20,26)(H,24,25);1-3,8,13H,4-7,9-10,16H2,(H,18,23)(H,21,22)/t23?,24-,26?,27-;;/m1../s1. The number of nitrogens with zero attached hydrogens (tertiary/aromatic N) is 13. The summed E-state index contributed by atoms with van der Waals surface area (Å²) in [5.74, 6) is 2.28. The molecular formula is C62H82N21O24P3. The minimum absolute atomic E-state index is 0.0110. The third-order valence-corrected chi connectivity index (χ3v) is 17.7. The van der Waals surface area contributed by atoms with Crippen molar-refractivity contribution in [1.82, 2.24) is 41.5 Å². The number of nitrogens with two attached hydrogens (primary N) is 1. The van der Waals surface area contributed by atoms with Gasteiger partial charge < -0.3 is 100.0 Å². The number of rotatable bonds is 50. The van der Waals surface area contributed by atoms with Crippen molar-refractivity contribution < 1.29 is 105 Å². The van der Waals surface area contributed by atoms with Gasteiger partial charge in [0.1, 0.15) is 75.4 Å². The Morgan fingerprint density at radius 1 is 0.645 bits per heavy atom. The van der Waals surface area contributed by atoms with E-state index in [1.807, 2.05) is 0 Å². The van der Waals surface area contributed by atoms with E-state index in [9.17, 15) is 52.5 Å². The van der Waals surface area contributed by atoms with Crippen molar-refractivity contribution in [3.63, 3.8) is 0 Å². The summed E-state index contributed by atoms with van der Waals surface area (Å²) >= 11 is 0. The fraction of sp³-hybridized carbons (Fsp3) is 0.484. The van der Waals surface area contributed by atoms with Gasteiger partial charge in [0.2, 0.25) is 17.7 Å². The largest absolute Gasteiger partial charge is 0.491 e. The molecule has 8 atom stereocenters. The Balaban J connectivity index is 0.000000477. The fourth-order valence-electron chi connectivity index (χ4n) is 8.42. The number of nitrogens with one attached hydrogen (secondary N) is 7. The van der Waals surface area contributed by atoms with Crippen molar-refractivity contribution in [2.24, 2.45) is 26.2 Å². The van der Waals surface area contributed by atoms with E-state index in [-0.39, 0.29) is 157 Å². The number of aromatic amines is 1. The van der Waals surface area contributed by atoms with Gasteiger partial charge in [-0.05, 0) is 90.8 Å². The number of carboxylic acid groups (broad SMARTS) is 2. The molecule has 6 amide bonds. The van der Waals surface area contributed by atoms with Crippen LogP contribution in [0.3, 0.4) is 0 Å². The molecule has 48 heteroatoms. The van der Waals surface area contributed by atoms with Gasteiger partial charge in [-0.2, -0.15) is 0 Å². The molecule has 3 aromatic carbocycles. The number of aliphatic carboxylic acids is 2. The molecule has 1 saturated heterocycles. The molecule has 1 aromatic heterocycles. The summed E-state index contributed by atoms with van der Waals surface area (Å²) in [6.07, 6.45) is -2.73. The Hall–Kier alpha value is -11.1. The van der Waals surface area contributed by atoms with Crippen LogP contribution >= 0.6 is 24.4 Å². The van der Waals surface area contributed by atoms with Crippen molar-refractivity contribution in [2.45, 2.75) is 57.4 Å². The van der Waals surface area contributed by atoms with Crippen LogP contribution in [0.15, 0.2) is 109 Å². The van der Waals surface area contributed by atoms with Gasteiger partial charge in [0.05, 0.1) is 58.4 Å². The van der Waals surface area contributed by atoms with Crippen LogP contribution in [-0.2, 0) is 66.4 Å². The summed E-state index contributed by atoms with van der Waals surface area (Å²) in [5.41, 5.74) is 39.5. The van der Waals surface area contributed by atoms with Crippen LogP contribution in [0.2, 0.25) is 0 Å². The van der Waals surface area contributed by atoms with Gasteiger partial charge >= 0.3 is 17.6 Å². The number of hydrogen-bond acceptors (Lipinski definition) is 27. The van der Waals surface area contributed by atoms with Crippen LogP contribution in [-0.4, -0.2) is 236 Å².